The lowest BCUT2D eigenvalue weighted by atomic mass is 10.1. The molecule has 5 nitrogen and oxygen atoms in total. The third-order valence-corrected chi connectivity index (χ3v) is 1.39. The molecule has 12 heavy (non-hydrogen) atoms. The van der Waals surface area contributed by atoms with Crippen molar-refractivity contribution in [1.82, 2.24) is 0 Å². The van der Waals surface area contributed by atoms with Gasteiger partial charge >= 0.3 is 0 Å². The van der Waals surface area contributed by atoms with Gasteiger partial charge < -0.3 is 21.1 Å². The third kappa shape index (κ3) is 3.47. The molecule has 0 fully saturated rings. The summed E-state index contributed by atoms with van der Waals surface area (Å²) < 4.78 is 0. The van der Waals surface area contributed by atoms with E-state index < -0.39 is 24.7 Å². The lowest BCUT2D eigenvalue weighted by molar-refractivity contribution is -0.114. The Morgan fingerprint density at radius 3 is 2.42 bits per heavy atom. The van der Waals surface area contributed by atoms with Gasteiger partial charge in [0.15, 0.2) is 0 Å². The van der Waals surface area contributed by atoms with Crippen LogP contribution in [0.5, 0.6) is 0 Å². The van der Waals surface area contributed by atoms with Crippen LogP contribution in [0.25, 0.3) is 0 Å². The molecule has 0 saturated heterocycles. The molecule has 0 aromatic carbocycles. The number of nitrogens with two attached hydrogens (primary N) is 1. The van der Waals surface area contributed by atoms with E-state index in [-0.39, 0.29) is 5.57 Å². The zero-order chi connectivity index (χ0) is 9.72. The quantitative estimate of drug-likeness (QED) is 0.376. The van der Waals surface area contributed by atoms with E-state index in [1.165, 1.54) is 6.92 Å². The van der Waals surface area contributed by atoms with Gasteiger partial charge in [0.1, 0.15) is 12.2 Å². The maximum atomic E-state index is 10.4. The molecule has 0 radical (unpaired) electrons. The summed E-state index contributed by atoms with van der Waals surface area (Å²) in [5.41, 5.74) is 5.01. The number of amides is 1. The third-order valence-electron chi connectivity index (χ3n) is 1.39. The minimum Gasteiger partial charge on any atom is -0.394 e. The Kier molecular flexibility index (Phi) is 4.50. The minimum absolute atomic E-state index is 0.148. The molecular weight excluding hydrogens is 162 g/mol. The molecule has 0 aliphatic carbocycles. The van der Waals surface area contributed by atoms with E-state index in [1.807, 2.05) is 0 Å². The Hall–Kier alpha value is -0.910. The summed E-state index contributed by atoms with van der Waals surface area (Å²) in [5.74, 6) is -0.667. The van der Waals surface area contributed by atoms with Crippen molar-refractivity contribution in [2.24, 2.45) is 5.73 Å². The molecule has 0 saturated carbocycles. The first-order chi connectivity index (χ1) is 5.49. The van der Waals surface area contributed by atoms with Gasteiger partial charge in [-0.1, -0.05) is 0 Å². The fourth-order valence-corrected chi connectivity index (χ4v) is 0.557. The van der Waals surface area contributed by atoms with Gasteiger partial charge in [-0.3, -0.25) is 4.79 Å². The van der Waals surface area contributed by atoms with E-state index in [0.29, 0.717) is 0 Å². The molecule has 5 N–H and O–H groups in total. The zero-order valence-corrected chi connectivity index (χ0v) is 6.77. The maximum absolute atomic E-state index is 10.4. The second-order valence-electron chi connectivity index (χ2n) is 2.45. The van der Waals surface area contributed by atoms with Crippen molar-refractivity contribution >= 4 is 5.91 Å². The highest BCUT2D eigenvalue weighted by Crippen LogP contribution is 1.99. The number of aliphatic hydroxyl groups excluding tert-OH is 3. The van der Waals surface area contributed by atoms with E-state index in [9.17, 15) is 4.79 Å². The lowest BCUT2D eigenvalue weighted by Crippen LogP contribution is -2.28. The summed E-state index contributed by atoms with van der Waals surface area (Å²) in [4.78, 5) is 10.4. The number of primary amides is 1. The van der Waals surface area contributed by atoms with Gasteiger partial charge in [0.2, 0.25) is 5.91 Å². The summed E-state index contributed by atoms with van der Waals surface area (Å²) >= 11 is 0. The summed E-state index contributed by atoms with van der Waals surface area (Å²) in [6.07, 6.45) is -1.44. The zero-order valence-electron chi connectivity index (χ0n) is 6.77. The molecule has 0 aliphatic rings. The van der Waals surface area contributed by atoms with E-state index in [2.05, 4.69) is 0 Å². The molecule has 0 aromatic heterocycles. The smallest absolute Gasteiger partial charge is 0.244 e. The van der Waals surface area contributed by atoms with Crippen LogP contribution < -0.4 is 5.73 Å². The Morgan fingerprint density at radius 1 is 1.58 bits per heavy atom. The number of carbonyl (C=O) groups is 1. The summed E-state index contributed by atoms with van der Waals surface area (Å²) in [6, 6.07) is 0. The molecule has 70 valence electrons. The largest absolute Gasteiger partial charge is 0.394 e. The van der Waals surface area contributed by atoms with Crippen molar-refractivity contribution < 1.29 is 20.1 Å². The van der Waals surface area contributed by atoms with Crippen molar-refractivity contribution in [3.05, 3.63) is 11.6 Å². The van der Waals surface area contributed by atoms with Gasteiger partial charge in [-0.25, -0.2) is 0 Å². The molecule has 1 amide bonds. The van der Waals surface area contributed by atoms with E-state index in [1.54, 1.807) is 0 Å². The van der Waals surface area contributed by atoms with Gasteiger partial charge in [-0.2, -0.15) is 0 Å². The standard InChI is InChI=1S/C7H13NO4/c1-4(7(8)12)2-5(10)6(11)3-9/h2,5-6,9-11H,3H2,1H3,(H2,8,12)/b4-2+. The Bertz CT molecular complexity index is 190. The number of hydrogen-bond donors (Lipinski definition) is 4. The topological polar surface area (TPSA) is 104 Å². The molecule has 2 unspecified atom stereocenters. The first kappa shape index (κ1) is 11.1. The number of aliphatic hydroxyl groups is 3. The van der Waals surface area contributed by atoms with Crippen LogP contribution >= 0.6 is 0 Å². The Labute approximate surface area is 70.1 Å². The van der Waals surface area contributed by atoms with Gasteiger partial charge in [-0.15, -0.1) is 0 Å². The molecule has 2 atom stereocenters. The van der Waals surface area contributed by atoms with Gasteiger partial charge in [-0.05, 0) is 13.0 Å². The predicted octanol–water partition coefficient (Wildman–Crippen LogP) is -1.87. The van der Waals surface area contributed by atoms with Crippen LogP contribution in [0.1, 0.15) is 6.92 Å². The predicted molar refractivity (Wildman–Crippen MR) is 42.1 cm³/mol. The molecule has 0 bridgehead atoms. The van der Waals surface area contributed by atoms with Crippen molar-refractivity contribution in [2.75, 3.05) is 6.61 Å². The SMILES string of the molecule is C/C(=C\C(O)C(O)CO)C(N)=O. The molecule has 0 aliphatic heterocycles. The van der Waals surface area contributed by atoms with E-state index >= 15 is 0 Å². The summed E-state index contributed by atoms with van der Waals surface area (Å²) in [7, 11) is 0. The average molecular weight is 175 g/mol. The van der Waals surface area contributed by atoms with Crippen molar-refractivity contribution in [3.63, 3.8) is 0 Å². The lowest BCUT2D eigenvalue weighted by Gasteiger charge is -2.11. The van der Waals surface area contributed by atoms with Gasteiger partial charge in [0.05, 0.1) is 6.61 Å². The number of carbonyl (C=O) groups excluding carboxylic acids is 1. The van der Waals surface area contributed by atoms with Gasteiger partial charge in [0, 0.05) is 5.57 Å². The average Bonchev–Trinajstić information content (AvgIpc) is 2.02. The summed E-state index contributed by atoms with van der Waals surface area (Å²) in [5, 5.41) is 26.3. The van der Waals surface area contributed by atoms with Crippen molar-refractivity contribution in [3.8, 4) is 0 Å². The number of rotatable bonds is 4. The number of hydrogen-bond acceptors (Lipinski definition) is 4. The maximum Gasteiger partial charge on any atom is 0.244 e. The van der Waals surface area contributed by atoms with Gasteiger partial charge in [0.25, 0.3) is 0 Å². The molecular formula is C7H13NO4. The van der Waals surface area contributed by atoms with E-state index in [0.717, 1.165) is 6.08 Å². The minimum atomic E-state index is -1.28. The van der Waals surface area contributed by atoms with Crippen LogP contribution in [-0.4, -0.2) is 40.0 Å². The Morgan fingerprint density at radius 2 is 2.08 bits per heavy atom. The fraction of sp³-hybridized carbons (Fsp3) is 0.571. The monoisotopic (exact) mass is 175 g/mol. The van der Waals surface area contributed by atoms with Crippen LogP contribution in [0.15, 0.2) is 11.6 Å². The van der Waals surface area contributed by atoms with Crippen LogP contribution in [0.4, 0.5) is 0 Å². The van der Waals surface area contributed by atoms with Crippen LogP contribution in [0.2, 0.25) is 0 Å². The highest BCUT2D eigenvalue weighted by molar-refractivity contribution is 5.91. The van der Waals surface area contributed by atoms with Crippen molar-refractivity contribution in [2.45, 2.75) is 19.1 Å². The normalized spacial score (nSPS) is 17.2. The first-order valence-corrected chi connectivity index (χ1v) is 3.44. The fourth-order valence-electron chi connectivity index (χ4n) is 0.557. The molecule has 0 heterocycles. The Balaban J connectivity index is 4.22. The van der Waals surface area contributed by atoms with Crippen LogP contribution in [0.3, 0.4) is 0 Å². The first-order valence-electron chi connectivity index (χ1n) is 3.44. The highest BCUT2D eigenvalue weighted by atomic mass is 16.4. The molecule has 0 spiro atoms. The van der Waals surface area contributed by atoms with Crippen LogP contribution in [0, 0.1) is 0 Å². The molecule has 0 aromatic rings. The molecule has 0 rings (SSSR count). The van der Waals surface area contributed by atoms with E-state index in [4.69, 9.17) is 21.1 Å². The highest BCUT2D eigenvalue weighted by Gasteiger charge is 2.13. The summed E-state index contributed by atoms with van der Waals surface area (Å²) in [6.45, 7) is 0.847. The second-order valence-corrected chi connectivity index (χ2v) is 2.45. The molecule has 5 heteroatoms. The van der Waals surface area contributed by atoms with Crippen molar-refractivity contribution in [1.29, 1.82) is 0 Å². The second kappa shape index (κ2) is 4.87. The van der Waals surface area contributed by atoms with Crippen LogP contribution in [-0.2, 0) is 4.79 Å².